The zero-order valence-corrected chi connectivity index (χ0v) is 13.4. The van der Waals surface area contributed by atoms with Gasteiger partial charge in [-0.15, -0.1) is 5.10 Å². The maximum Gasteiger partial charge on any atom is 0.242 e. The summed E-state index contributed by atoms with van der Waals surface area (Å²) >= 11 is 6.08. The van der Waals surface area contributed by atoms with Crippen LogP contribution < -0.4 is 15.0 Å². The van der Waals surface area contributed by atoms with Gasteiger partial charge in [-0.25, -0.2) is 4.68 Å². The van der Waals surface area contributed by atoms with Gasteiger partial charge >= 0.3 is 0 Å². The summed E-state index contributed by atoms with van der Waals surface area (Å²) < 4.78 is 6.78. The molecule has 0 radical (unpaired) electrons. The first-order chi connectivity index (χ1) is 11.2. The third kappa shape index (κ3) is 3.70. The second-order valence-electron chi connectivity index (χ2n) is 5.32. The zero-order chi connectivity index (χ0) is 16.2. The fourth-order valence-electron chi connectivity index (χ4n) is 2.68. The second kappa shape index (κ2) is 6.82. The molecule has 0 unspecified atom stereocenters. The minimum Gasteiger partial charge on any atom is -0.495 e. The molecule has 23 heavy (non-hydrogen) atoms. The average molecular weight is 337 g/mol. The number of hydrogen-bond donors (Lipinski definition) is 1. The number of benzene rings is 1. The lowest BCUT2D eigenvalue weighted by Crippen LogP contribution is -2.39. The van der Waals surface area contributed by atoms with E-state index < -0.39 is 0 Å². The van der Waals surface area contributed by atoms with Gasteiger partial charge in [0.25, 0.3) is 0 Å². The SMILES string of the molecule is COc1ccc(Cl)cc1N1CC[C@H](NC(=O)Cn2cnnn2)C1. The predicted molar refractivity (Wildman–Crippen MR) is 84.6 cm³/mol. The predicted octanol–water partition coefficient (Wildman–Crippen LogP) is 0.730. The van der Waals surface area contributed by atoms with Crippen LogP contribution in [-0.4, -0.2) is 52.4 Å². The summed E-state index contributed by atoms with van der Waals surface area (Å²) in [6.07, 6.45) is 2.27. The van der Waals surface area contributed by atoms with Gasteiger partial charge in [-0.05, 0) is 35.0 Å². The van der Waals surface area contributed by atoms with Crippen molar-refractivity contribution >= 4 is 23.2 Å². The average Bonchev–Trinajstić information content (AvgIpc) is 3.19. The molecule has 1 aromatic carbocycles. The van der Waals surface area contributed by atoms with E-state index in [0.29, 0.717) is 11.6 Å². The van der Waals surface area contributed by atoms with Crippen molar-refractivity contribution in [3.63, 3.8) is 0 Å². The molecule has 0 bridgehead atoms. The molecule has 2 heterocycles. The van der Waals surface area contributed by atoms with Crippen molar-refractivity contribution in [2.45, 2.75) is 19.0 Å². The Morgan fingerprint density at radius 1 is 1.52 bits per heavy atom. The van der Waals surface area contributed by atoms with E-state index in [-0.39, 0.29) is 18.5 Å². The highest BCUT2D eigenvalue weighted by molar-refractivity contribution is 6.30. The Balaban J connectivity index is 1.60. The summed E-state index contributed by atoms with van der Waals surface area (Å²) in [6.45, 7) is 1.65. The molecule has 1 aliphatic heterocycles. The first-order valence-corrected chi connectivity index (χ1v) is 7.62. The molecule has 1 atom stereocenters. The number of anilines is 1. The van der Waals surface area contributed by atoms with Crippen molar-refractivity contribution in [3.05, 3.63) is 29.5 Å². The second-order valence-corrected chi connectivity index (χ2v) is 5.76. The van der Waals surface area contributed by atoms with Crippen LogP contribution in [0.5, 0.6) is 5.75 Å². The van der Waals surface area contributed by atoms with Crippen LogP contribution in [0.1, 0.15) is 6.42 Å². The molecule has 1 fully saturated rings. The van der Waals surface area contributed by atoms with E-state index in [1.165, 1.54) is 11.0 Å². The lowest BCUT2D eigenvalue weighted by Gasteiger charge is -2.21. The highest BCUT2D eigenvalue weighted by Gasteiger charge is 2.26. The molecule has 0 aliphatic carbocycles. The van der Waals surface area contributed by atoms with Crippen molar-refractivity contribution in [1.82, 2.24) is 25.5 Å². The van der Waals surface area contributed by atoms with Crippen LogP contribution in [-0.2, 0) is 11.3 Å². The first kappa shape index (κ1) is 15.5. The summed E-state index contributed by atoms with van der Waals surface area (Å²) in [7, 11) is 1.63. The summed E-state index contributed by atoms with van der Waals surface area (Å²) in [5.41, 5.74) is 0.942. The van der Waals surface area contributed by atoms with Crippen molar-refractivity contribution in [1.29, 1.82) is 0 Å². The Bertz CT molecular complexity index is 678. The highest BCUT2D eigenvalue weighted by Crippen LogP contribution is 2.33. The van der Waals surface area contributed by atoms with Gasteiger partial charge < -0.3 is 15.0 Å². The van der Waals surface area contributed by atoms with Crippen LogP contribution in [0.3, 0.4) is 0 Å². The molecule has 1 amide bonds. The number of hydrogen-bond acceptors (Lipinski definition) is 6. The van der Waals surface area contributed by atoms with Gasteiger partial charge in [-0.1, -0.05) is 11.6 Å². The van der Waals surface area contributed by atoms with Gasteiger partial charge in [0, 0.05) is 24.2 Å². The molecule has 2 aromatic rings. The fraction of sp³-hybridized carbons (Fsp3) is 0.429. The van der Waals surface area contributed by atoms with Crippen LogP contribution in [0.2, 0.25) is 5.02 Å². The van der Waals surface area contributed by atoms with Gasteiger partial charge in [-0.3, -0.25) is 4.79 Å². The number of aromatic nitrogens is 4. The van der Waals surface area contributed by atoms with Crippen LogP contribution >= 0.6 is 11.6 Å². The Hall–Kier alpha value is -2.35. The zero-order valence-electron chi connectivity index (χ0n) is 12.6. The van der Waals surface area contributed by atoms with E-state index >= 15 is 0 Å². The molecule has 9 heteroatoms. The normalized spacial score (nSPS) is 17.3. The molecular formula is C14H17ClN6O2. The Morgan fingerprint density at radius 2 is 2.39 bits per heavy atom. The number of ether oxygens (including phenoxy) is 1. The molecule has 0 saturated carbocycles. The molecule has 8 nitrogen and oxygen atoms in total. The van der Waals surface area contributed by atoms with Gasteiger partial charge in [0.15, 0.2) is 0 Å². The van der Waals surface area contributed by atoms with Gasteiger partial charge in [0.1, 0.15) is 18.6 Å². The van der Waals surface area contributed by atoms with Crippen molar-refractivity contribution < 1.29 is 9.53 Å². The number of tetrazole rings is 1. The molecule has 122 valence electrons. The van der Waals surface area contributed by atoms with E-state index in [1.807, 2.05) is 12.1 Å². The summed E-state index contributed by atoms with van der Waals surface area (Å²) in [4.78, 5) is 14.2. The Kier molecular flexibility index (Phi) is 4.61. The van der Waals surface area contributed by atoms with E-state index in [1.54, 1.807) is 13.2 Å². The summed E-state index contributed by atoms with van der Waals surface area (Å²) in [6, 6.07) is 5.60. The van der Waals surface area contributed by atoms with E-state index in [2.05, 4.69) is 25.7 Å². The number of rotatable bonds is 5. The van der Waals surface area contributed by atoms with Crippen molar-refractivity contribution in [3.8, 4) is 5.75 Å². The Morgan fingerprint density at radius 3 is 3.13 bits per heavy atom. The number of nitrogens with one attached hydrogen (secondary N) is 1. The molecule has 0 spiro atoms. The first-order valence-electron chi connectivity index (χ1n) is 7.24. The van der Waals surface area contributed by atoms with Crippen LogP contribution in [0.25, 0.3) is 0 Å². The standard InChI is InChI=1S/C14H17ClN6O2/c1-23-13-3-2-10(15)6-12(13)20-5-4-11(7-20)17-14(22)8-21-9-16-18-19-21/h2-3,6,9,11H,4-5,7-8H2,1H3,(H,17,22)/t11-/m0/s1. The lowest BCUT2D eigenvalue weighted by atomic mass is 10.2. The number of amides is 1. The number of carbonyl (C=O) groups is 1. The van der Waals surface area contributed by atoms with Crippen molar-refractivity contribution in [2.75, 3.05) is 25.1 Å². The number of carbonyl (C=O) groups excluding carboxylic acids is 1. The fourth-order valence-corrected chi connectivity index (χ4v) is 2.85. The van der Waals surface area contributed by atoms with Gasteiger partial charge in [-0.2, -0.15) is 0 Å². The van der Waals surface area contributed by atoms with Gasteiger partial charge in [0.2, 0.25) is 5.91 Å². The largest absolute Gasteiger partial charge is 0.495 e. The number of methoxy groups -OCH3 is 1. The number of halogens is 1. The van der Waals surface area contributed by atoms with E-state index in [9.17, 15) is 4.79 Å². The minimum absolute atomic E-state index is 0.0719. The Labute approximate surface area is 138 Å². The lowest BCUT2D eigenvalue weighted by molar-refractivity contribution is -0.122. The quantitative estimate of drug-likeness (QED) is 0.866. The monoisotopic (exact) mass is 336 g/mol. The maximum atomic E-state index is 12.0. The summed E-state index contributed by atoms with van der Waals surface area (Å²) in [5, 5.41) is 14.3. The minimum atomic E-state index is -0.109. The van der Waals surface area contributed by atoms with Crippen LogP contribution in [0, 0.1) is 0 Å². The molecule has 1 saturated heterocycles. The van der Waals surface area contributed by atoms with Crippen LogP contribution in [0.4, 0.5) is 5.69 Å². The molecule has 1 aliphatic rings. The summed E-state index contributed by atoms with van der Waals surface area (Å²) in [5.74, 6) is 0.664. The molecule has 1 aromatic heterocycles. The van der Waals surface area contributed by atoms with Crippen LogP contribution in [0.15, 0.2) is 24.5 Å². The van der Waals surface area contributed by atoms with Crippen molar-refractivity contribution in [2.24, 2.45) is 0 Å². The molecule has 1 N–H and O–H groups in total. The van der Waals surface area contributed by atoms with Gasteiger partial charge in [0.05, 0.1) is 12.8 Å². The smallest absolute Gasteiger partial charge is 0.242 e. The number of nitrogens with zero attached hydrogens (tertiary/aromatic N) is 5. The molecule has 3 rings (SSSR count). The molecular weight excluding hydrogens is 320 g/mol. The van der Waals surface area contributed by atoms with E-state index in [4.69, 9.17) is 16.3 Å². The third-order valence-electron chi connectivity index (χ3n) is 3.73. The third-order valence-corrected chi connectivity index (χ3v) is 3.97. The maximum absolute atomic E-state index is 12.0. The highest BCUT2D eigenvalue weighted by atomic mass is 35.5. The topological polar surface area (TPSA) is 85.2 Å². The van der Waals surface area contributed by atoms with E-state index in [0.717, 1.165) is 24.4 Å².